The highest BCUT2D eigenvalue weighted by atomic mass is 32.2. The molecule has 0 radical (unpaired) electrons. The van der Waals surface area contributed by atoms with E-state index in [2.05, 4.69) is 6.92 Å². The van der Waals surface area contributed by atoms with Crippen molar-refractivity contribution in [3.05, 3.63) is 0 Å². The molecule has 1 rings (SSSR count). The first-order valence-corrected chi connectivity index (χ1v) is 10.7. The Hall–Kier alpha value is -0.180. The van der Waals surface area contributed by atoms with Gasteiger partial charge in [0.15, 0.2) is 0 Å². The number of hydrogen-bond acceptors (Lipinski definition) is 3. The molecular weight excluding hydrogens is 292 g/mol. The third-order valence-electron chi connectivity index (χ3n) is 4.33. The number of carbonyl (C=O) groups excluding carboxylic acids is 1. The summed E-state index contributed by atoms with van der Waals surface area (Å²) in [5.41, 5.74) is 0. The van der Waals surface area contributed by atoms with Crippen molar-refractivity contribution in [2.75, 3.05) is 18.1 Å². The fraction of sp³-hybridized carbons (Fsp3) is 0.947. The summed E-state index contributed by atoms with van der Waals surface area (Å²) in [6.07, 6.45) is 17.3. The minimum Gasteiger partial charge on any atom is -0.465 e. The molecule has 0 aliphatic heterocycles. The third kappa shape index (κ3) is 13.5. The summed E-state index contributed by atoms with van der Waals surface area (Å²) in [7, 11) is 0. The minimum atomic E-state index is -0.0263. The van der Waals surface area contributed by atoms with Crippen molar-refractivity contribution in [1.82, 2.24) is 0 Å². The van der Waals surface area contributed by atoms with Crippen LogP contribution in [0.3, 0.4) is 0 Å². The van der Waals surface area contributed by atoms with E-state index in [1.807, 2.05) is 0 Å². The van der Waals surface area contributed by atoms with E-state index in [1.165, 1.54) is 77.0 Å². The Morgan fingerprint density at radius 2 is 1.64 bits per heavy atom. The van der Waals surface area contributed by atoms with Gasteiger partial charge in [-0.2, -0.15) is 11.8 Å². The fourth-order valence-electron chi connectivity index (χ4n) is 2.66. The molecule has 0 unspecified atom stereocenters. The fourth-order valence-corrected chi connectivity index (χ4v) is 3.47. The summed E-state index contributed by atoms with van der Waals surface area (Å²) in [6.45, 7) is 2.82. The second-order valence-electron chi connectivity index (χ2n) is 6.69. The number of carbonyl (C=O) groups is 1. The third-order valence-corrected chi connectivity index (χ3v) is 5.35. The molecule has 0 spiro atoms. The van der Waals surface area contributed by atoms with E-state index in [0.717, 1.165) is 18.1 Å². The van der Waals surface area contributed by atoms with Gasteiger partial charge in [0.25, 0.3) is 0 Å². The van der Waals surface area contributed by atoms with Gasteiger partial charge in [-0.05, 0) is 24.5 Å². The Kier molecular flexibility index (Phi) is 13.0. The van der Waals surface area contributed by atoms with Crippen molar-refractivity contribution in [3.8, 4) is 0 Å². The standard InChI is InChI=1S/C19H36O2S/c1-2-3-11-16-22-17-19(20)21-15-10-8-6-4-5-7-9-12-18-13-14-18/h18H,2-17H2,1H3. The van der Waals surface area contributed by atoms with E-state index in [-0.39, 0.29) is 5.97 Å². The van der Waals surface area contributed by atoms with Crippen molar-refractivity contribution < 1.29 is 9.53 Å². The number of rotatable bonds is 16. The molecule has 1 fully saturated rings. The van der Waals surface area contributed by atoms with Gasteiger partial charge >= 0.3 is 5.97 Å². The van der Waals surface area contributed by atoms with Crippen LogP contribution >= 0.6 is 11.8 Å². The molecule has 3 heteroatoms. The lowest BCUT2D eigenvalue weighted by Crippen LogP contribution is -2.08. The van der Waals surface area contributed by atoms with Gasteiger partial charge in [-0.1, -0.05) is 77.6 Å². The first-order chi connectivity index (χ1) is 10.8. The lowest BCUT2D eigenvalue weighted by molar-refractivity contribution is -0.140. The van der Waals surface area contributed by atoms with Crippen LogP contribution in [0.1, 0.15) is 90.4 Å². The molecule has 22 heavy (non-hydrogen) atoms. The van der Waals surface area contributed by atoms with Gasteiger partial charge in [0, 0.05) is 0 Å². The predicted octanol–water partition coefficient (Wildman–Crippen LogP) is 5.98. The summed E-state index contributed by atoms with van der Waals surface area (Å²) in [5, 5.41) is 0. The molecule has 1 saturated carbocycles. The molecule has 2 nitrogen and oxygen atoms in total. The van der Waals surface area contributed by atoms with Crippen LogP contribution in [0.4, 0.5) is 0 Å². The smallest absolute Gasteiger partial charge is 0.315 e. The van der Waals surface area contributed by atoms with Crippen LogP contribution in [0.15, 0.2) is 0 Å². The van der Waals surface area contributed by atoms with Crippen molar-refractivity contribution in [2.45, 2.75) is 90.4 Å². The van der Waals surface area contributed by atoms with Crippen LogP contribution in [0.2, 0.25) is 0 Å². The Labute approximate surface area is 142 Å². The van der Waals surface area contributed by atoms with Crippen LogP contribution in [-0.2, 0) is 9.53 Å². The molecular formula is C19H36O2S. The topological polar surface area (TPSA) is 26.3 Å². The van der Waals surface area contributed by atoms with Gasteiger partial charge < -0.3 is 4.74 Å². The molecule has 0 bridgehead atoms. The van der Waals surface area contributed by atoms with Gasteiger partial charge in [0.2, 0.25) is 0 Å². The molecule has 1 aliphatic carbocycles. The molecule has 0 atom stereocenters. The summed E-state index contributed by atoms with van der Waals surface area (Å²) in [5.74, 6) is 2.69. The van der Waals surface area contributed by atoms with E-state index in [1.54, 1.807) is 11.8 Å². The van der Waals surface area contributed by atoms with E-state index in [0.29, 0.717) is 12.4 Å². The number of unbranched alkanes of at least 4 members (excludes halogenated alkanes) is 8. The highest BCUT2D eigenvalue weighted by Gasteiger charge is 2.19. The number of esters is 1. The lowest BCUT2D eigenvalue weighted by Gasteiger charge is -2.05. The molecule has 0 aromatic rings. The van der Waals surface area contributed by atoms with Gasteiger partial charge in [0.1, 0.15) is 0 Å². The van der Waals surface area contributed by atoms with Crippen LogP contribution in [-0.4, -0.2) is 24.1 Å². The molecule has 1 aliphatic rings. The largest absolute Gasteiger partial charge is 0.465 e. The first-order valence-electron chi connectivity index (χ1n) is 9.56. The zero-order valence-electron chi connectivity index (χ0n) is 14.6. The van der Waals surface area contributed by atoms with E-state index < -0.39 is 0 Å². The van der Waals surface area contributed by atoms with E-state index in [9.17, 15) is 4.79 Å². The van der Waals surface area contributed by atoms with Crippen molar-refractivity contribution in [2.24, 2.45) is 5.92 Å². The molecule has 0 amide bonds. The van der Waals surface area contributed by atoms with Crippen molar-refractivity contribution in [3.63, 3.8) is 0 Å². The quantitative estimate of drug-likeness (QED) is 0.257. The van der Waals surface area contributed by atoms with Gasteiger partial charge in [-0.15, -0.1) is 0 Å². The molecule has 130 valence electrons. The highest BCUT2D eigenvalue weighted by molar-refractivity contribution is 7.99. The maximum atomic E-state index is 11.5. The summed E-state index contributed by atoms with van der Waals surface area (Å²) >= 11 is 1.71. The molecule has 0 aromatic heterocycles. The zero-order chi connectivity index (χ0) is 15.9. The lowest BCUT2D eigenvalue weighted by atomic mass is 10.1. The van der Waals surface area contributed by atoms with Crippen molar-refractivity contribution in [1.29, 1.82) is 0 Å². The zero-order valence-corrected chi connectivity index (χ0v) is 15.4. The first kappa shape index (κ1) is 19.9. The molecule has 0 saturated heterocycles. The maximum absolute atomic E-state index is 11.5. The van der Waals surface area contributed by atoms with Crippen LogP contribution in [0.25, 0.3) is 0 Å². The summed E-state index contributed by atoms with van der Waals surface area (Å²) in [6, 6.07) is 0. The van der Waals surface area contributed by atoms with Crippen LogP contribution in [0.5, 0.6) is 0 Å². The van der Waals surface area contributed by atoms with Crippen LogP contribution < -0.4 is 0 Å². The Morgan fingerprint density at radius 3 is 2.32 bits per heavy atom. The predicted molar refractivity (Wildman–Crippen MR) is 97.5 cm³/mol. The Morgan fingerprint density at radius 1 is 0.955 bits per heavy atom. The molecule has 0 aromatic carbocycles. The van der Waals surface area contributed by atoms with Gasteiger partial charge in [0.05, 0.1) is 12.4 Å². The average Bonchev–Trinajstić information content (AvgIpc) is 3.33. The monoisotopic (exact) mass is 328 g/mol. The SMILES string of the molecule is CCCCCSCC(=O)OCCCCCCCCCC1CC1. The maximum Gasteiger partial charge on any atom is 0.315 e. The second-order valence-corrected chi connectivity index (χ2v) is 7.79. The molecule has 0 heterocycles. The van der Waals surface area contributed by atoms with Crippen LogP contribution in [0, 0.1) is 5.92 Å². The summed E-state index contributed by atoms with van der Waals surface area (Å²) in [4.78, 5) is 11.5. The summed E-state index contributed by atoms with van der Waals surface area (Å²) < 4.78 is 5.27. The normalized spacial score (nSPS) is 14.2. The van der Waals surface area contributed by atoms with Gasteiger partial charge in [-0.3, -0.25) is 4.79 Å². The number of thioether (sulfide) groups is 1. The number of ether oxygens (including phenoxy) is 1. The van der Waals surface area contributed by atoms with E-state index >= 15 is 0 Å². The second kappa shape index (κ2) is 14.4. The Bertz CT molecular complexity index is 264. The highest BCUT2D eigenvalue weighted by Crippen LogP contribution is 2.34. The Balaban J connectivity index is 1.70. The average molecular weight is 329 g/mol. The van der Waals surface area contributed by atoms with Gasteiger partial charge in [-0.25, -0.2) is 0 Å². The van der Waals surface area contributed by atoms with E-state index in [4.69, 9.17) is 4.74 Å². The van der Waals surface area contributed by atoms with Crippen molar-refractivity contribution >= 4 is 17.7 Å². The minimum absolute atomic E-state index is 0.0263. The molecule has 0 N–H and O–H groups in total. The number of hydrogen-bond donors (Lipinski definition) is 0.